The molecule has 0 fully saturated rings. The van der Waals surface area contributed by atoms with Crippen molar-refractivity contribution in [3.63, 3.8) is 0 Å². The lowest BCUT2D eigenvalue weighted by Gasteiger charge is -2.25. The molecule has 3 aromatic carbocycles. The lowest BCUT2D eigenvalue weighted by Crippen LogP contribution is -2.42. The molecular formula is C23H18BrIN2O3. The number of para-hydroxylation sites is 1. The zero-order valence-electron chi connectivity index (χ0n) is 16.3. The monoisotopic (exact) mass is 576 g/mol. The van der Waals surface area contributed by atoms with Crippen LogP contribution in [0.3, 0.4) is 0 Å². The lowest BCUT2D eigenvalue weighted by molar-refractivity contribution is -0.128. The molecule has 0 aliphatic carbocycles. The van der Waals surface area contributed by atoms with Crippen LogP contribution < -0.4 is 10.1 Å². The summed E-state index contributed by atoms with van der Waals surface area (Å²) in [5, 5.41) is 2.91. The second-order valence-corrected chi connectivity index (χ2v) is 9.31. The Morgan fingerprint density at radius 3 is 2.63 bits per heavy atom. The number of rotatable bonds is 5. The van der Waals surface area contributed by atoms with Crippen molar-refractivity contribution in [2.45, 2.75) is 19.4 Å². The summed E-state index contributed by atoms with van der Waals surface area (Å²) >= 11 is 5.80. The maximum atomic E-state index is 12.8. The average molecular weight is 577 g/mol. The zero-order chi connectivity index (χ0) is 21.3. The first-order valence-corrected chi connectivity index (χ1v) is 11.1. The molecule has 1 amide bonds. The molecule has 1 N–H and O–H groups in total. The molecule has 4 aromatic rings. The van der Waals surface area contributed by atoms with Gasteiger partial charge in [0.1, 0.15) is 11.3 Å². The number of anilines is 1. The van der Waals surface area contributed by atoms with Crippen molar-refractivity contribution >= 4 is 61.2 Å². The van der Waals surface area contributed by atoms with Gasteiger partial charge in [-0.2, -0.15) is 0 Å². The van der Waals surface area contributed by atoms with E-state index in [0.717, 1.165) is 13.6 Å². The summed E-state index contributed by atoms with van der Waals surface area (Å²) in [5.74, 6) is 0.902. The van der Waals surface area contributed by atoms with Crippen molar-refractivity contribution in [3.8, 4) is 17.2 Å². The Labute approximate surface area is 196 Å². The fraction of sp³-hybridized carbons (Fsp3) is 0.130. The predicted octanol–water partition coefficient (Wildman–Crippen LogP) is 6.66. The van der Waals surface area contributed by atoms with Crippen LogP contribution in [0.5, 0.6) is 5.75 Å². The van der Waals surface area contributed by atoms with E-state index in [4.69, 9.17) is 9.15 Å². The van der Waals surface area contributed by atoms with Gasteiger partial charge in [-0.15, -0.1) is 0 Å². The second kappa shape index (κ2) is 8.39. The van der Waals surface area contributed by atoms with Crippen molar-refractivity contribution in [3.05, 3.63) is 74.8 Å². The van der Waals surface area contributed by atoms with E-state index in [-0.39, 0.29) is 5.91 Å². The van der Waals surface area contributed by atoms with E-state index in [1.54, 1.807) is 32.0 Å². The number of aromatic nitrogens is 1. The number of ether oxygens (including phenoxy) is 1. The molecule has 30 heavy (non-hydrogen) atoms. The third kappa shape index (κ3) is 4.52. The van der Waals surface area contributed by atoms with Gasteiger partial charge in [0.05, 0.1) is 5.56 Å². The zero-order valence-corrected chi connectivity index (χ0v) is 20.0. The van der Waals surface area contributed by atoms with Crippen molar-refractivity contribution in [1.82, 2.24) is 4.98 Å². The first kappa shape index (κ1) is 20.9. The molecule has 0 atom stereocenters. The van der Waals surface area contributed by atoms with Crippen LogP contribution in [0.15, 0.2) is 75.6 Å². The second-order valence-electron chi connectivity index (χ2n) is 7.21. The Hall–Kier alpha value is -2.39. The highest BCUT2D eigenvalue weighted by molar-refractivity contribution is 14.1. The van der Waals surface area contributed by atoms with Crippen molar-refractivity contribution in [2.75, 3.05) is 5.32 Å². The van der Waals surface area contributed by atoms with Gasteiger partial charge in [-0.25, -0.2) is 4.98 Å². The average Bonchev–Trinajstić information content (AvgIpc) is 3.13. The van der Waals surface area contributed by atoms with E-state index < -0.39 is 5.60 Å². The Bertz CT molecular complexity index is 1220. The van der Waals surface area contributed by atoms with Crippen LogP contribution in [0.1, 0.15) is 13.8 Å². The van der Waals surface area contributed by atoms with E-state index in [1.165, 1.54) is 0 Å². The number of halogens is 2. The first-order chi connectivity index (χ1) is 14.3. The molecule has 0 radical (unpaired) electrons. The highest BCUT2D eigenvalue weighted by Crippen LogP contribution is 2.32. The number of fused-ring (bicyclic) bond motifs is 1. The van der Waals surface area contributed by atoms with E-state index in [2.05, 4.69) is 48.8 Å². The highest BCUT2D eigenvalue weighted by Gasteiger charge is 2.30. The van der Waals surface area contributed by atoms with Crippen LogP contribution in [0, 0.1) is 3.57 Å². The number of carbonyl (C=O) groups excluding carboxylic acids is 1. The molecule has 0 bridgehead atoms. The number of nitrogens with one attached hydrogen (secondary N) is 1. The van der Waals surface area contributed by atoms with Gasteiger partial charge in [-0.1, -0.05) is 18.2 Å². The summed E-state index contributed by atoms with van der Waals surface area (Å²) in [6.45, 7) is 3.47. The van der Waals surface area contributed by atoms with E-state index in [1.807, 2.05) is 48.5 Å². The Morgan fingerprint density at radius 2 is 1.87 bits per heavy atom. The quantitative estimate of drug-likeness (QED) is 0.270. The van der Waals surface area contributed by atoms with Crippen LogP contribution in [-0.4, -0.2) is 16.5 Å². The lowest BCUT2D eigenvalue weighted by atomic mass is 10.1. The Kier molecular flexibility index (Phi) is 5.84. The van der Waals surface area contributed by atoms with Gasteiger partial charge >= 0.3 is 0 Å². The van der Waals surface area contributed by atoms with Gasteiger partial charge in [0.2, 0.25) is 5.89 Å². The van der Waals surface area contributed by atoms with Crippen LogP contribution in [0.4, 0.5) is 5.69 Å². The van der Waals surface area contributed by atoms with Gasteiger partial charge in [0.25, 0.3) is 5.91 Å². The standard InChI is InChI=1S/C23H18BrIN2O3/c1-23(2,30-16-6-4-3-5-7-16)22(28)26-15-9-11-20-19(13-15)27-21(29-20)17-12-14(25)8-10-18(17)24/h3-13H,1-2H3,(H,26,28). The van der Waals surface area contributed by atoms with Gasteiger partial charge in [-0.3, -0.25) is 4.79 Å². The fourth-order valence-corrected chi connectivity index (χ4v) is 3.80. The van der Waals surface area contributed by atoms with Crippen molar-refractivity contribution in [2.24, 2.45) is 0 Å². The van der Waals surface area contributed by atoms with Crippen molar-refractivity contribution < 1.29 is 13.9 Å². The minimum Gasteiger partial charge on any atom is -0.478 e. The molecule has 1 heterocycles. The van der Waals surface area contributed by atoms with Gasteiger partial charge in [-0.05, 0) is 101 Å². The number of amides is 1. The number of nitrogens with zero attached hydrogens (tertiary/aromatic N) is 1. The molecule has 7 heteroatoms. The maximum Gasteiger partial charge on any atom is 0.267 e. The topological polar surface area (TPSA) is 64.4 Å². The first-order valence-electron chi connectivity index (χ1n) is 9.23. The molecule has 0 saturated carbocycles. The summed E-state index contributed by atoms with van der Waals surface area (Å²) in [5.41, 5.74) is 1.76. The molecule has 0 unspecified atom stereocenters. The van der Waals surface area contributed by atoms with E-state index >= 15 is 0 Å². The fourth-order valence-electron chi connectivity index (χ4n) is 2.89. The number of oxazole rings is 1. The highest BCUT2D eigenvalue weighted by atomic mass is 127. The molecule has 152 valence electrons. The summed E-state index contributed by atoms with van der Waals surface area (Å²) in [6, 6.07) is 20.6. The SMILES string of the molecule is CC(C)(Oc1ccccc1)C(=O)Nc1ccc2oc(-c3cc(I)ccc3Br)nc2c1. The molecular weight excluding hydrogens is 559 g/mol. The maximum absolute atomic E-state index is 12.8. The number of hydrogen-bond donors (Lipinski definition) is 1. The molecule has 0 saturated heterocycles. The third-order valence-electron chi connectivity index (χ3n) is 4.47. The molecule has 0 aliphatic heterocycles. The largest absolute Gasteiger partial charge is 0.478 e. The van der Waals surface area contributed by atoms with Crippen LogP contribution in [0.2, 0.25) is 0 Å². The minimum absolute atomic E-state index is 0.255. The number of hydrogen-bond acceptors (Lipinski definition) is 4. The summed E-state index contributed by atoms with van der Waals surface area (Å²) in [4.78, 5) is 17.4. The summed E-state index contributed by atoms with van der Waals surface area (Å²) < 4.78 is 13.8. The Balaban J connectivity index is 1.56. The van der Waals surface area contributed by atoms with Crippen LogP contribution in [-0.2, 0) is 4.79 Å². The van der Waals surface area contributed by atoms with Crippen LogP contribution >= 0.6 is 38.5 Å². The molecule has 5 nitrogen and oxygen atoms in total. The van der Waals surface area contributed by atoms with Gasteiger partial charge < -0.3 is 14.5 Å². The van der Waals surface area contributed by atoms with E-state index in [9.17, 15) is 4.79 Å². The summed E-state index contributed by atoms with van der Waals surface area (Å²) in [6.07, 6.45) is 0. The van der Waals surface area contributed by atoms with Gasteiger partial charge in [0, 0.05) is 13.7 Å². The molecule has 4 rings (SSSR count). The van der Waals surface area contributed by atoms with Crippen molar-refractivity contribution in [1.29, 1.82) is 0 Å². The smallest absolute Gasteiger partial charge is 0.267 e. The minimum atomic E-state index is -1.04. The van der Waals surface area contributed by atoms with Gasteiger partial charge in [0.15, 0.2) is 11.2 Å². The third-order valence-corrected chi connectivity index (χ3v) is 5.83. The van der Waals surface area contributed by atoms with Crippen LogP contribution in [0.25, 0.3) is 22.6 Å². The molecule has 0 aliphatic rings. The normalized spacial score (nSPS) is 11.5. The number of benzene rings is 3. The number of carbonyl (C=O) groups is 1. The molecule has 1 aromatic heterocycles. The summed E-state index contributed by atoms with van der Waals surface area (Å²) in [7, 11) is 0. The molecule has 0 spiro atoms. The Morgan fingerprint density at radius 1 is 1.10 bits per heavy atom. The van der Waals surface area contributed by atoms with E-state index in [0.29, 0.717) is 28.4 Å². The predicted molar refractivity (Wildman–Crippen MR) is 130 cm³/mol.